The van der Waals surface area contributed by atoms with E-state index in [1.807, 2.05) is 0 Å². The molecule has 0 aliphatic heterocycles. The molecule has 1 aliphatic carbocycles. The van der Waals surface area contributed by atoms with Crippen molar-refractivity contribution < 1.29 is 9.90 Å². The quantitative estimate of drug-likeness (QED) is 0.761. The molecule has 5 nitrogen and oxygen atoms in total. The number of carboxylic acid groups (broad SMARTS) is 1. The molecule has 0 radical (unpaired) electrons. The van der Waals surface area contributed by atoms with Crippen molar-refractivity contribution in [2.45, 2.75) is 26.2 Å². The lowest BCUT2D eigenvalue weighted by atomic mass is 10.1. The van der Waals surface area contributed by atoms with Crippen molar-refractivity contribution >= 4 is 17.5 Å². The lowest BCUT2D eigenvalue weighted by Gasteiger charge is -2.12. The fourth-order valence-corrected chi connectivity index (χ4v) is 2.51. The van der Waals surface area contributed by atoms with Gasteiger partial charge in [0.1, 0.15) is 5.82 Å². The Morgan fingerprint density at radius 2 is 2.39 bits per heavy atom. The first-order valence-electron chi connectivity index (χ1n) is 6.29. The zero-order valence-corrected chi connectivity index (χ0v) is 10.5. The van der Waals surface area contributed by atoms with Gasteiger partial charge in [0, 0.05) is 6.54 Å². The topological polar surface area (TPSA) is 88.2 Å². The first-order valence-corrected chi connectivity index (χ1v) is 6.29. The average molecular weight is 249 g/mol. The first kappa shape index (κ1) is 12.7. The van der Waals surface area contributed by atoms with Crippen molar-refractivity contribution in [1.29, 1.82) is 0 Å². The van der Waals surface area contributed by atoms with Crippen LogP contribution in [0.4, 0.5) is 11.5 Å². The number of anilines is 2. The zero-order chi connectivity index (χ0) is 13.1. The van der Waals surface area contributed by atoms with Gasteiger partial charge in [0.2, 0.25) is 0 Å². The summed E-state index contributed by atoms with van der Waals surface area (Å²) < 4.78 is 0. The van der Waals surface area contributed by atoms with Gasteiger partial charge in [-0.15, -0.1) is 0 Å². The zero-order valence-electron chi connectivity index (χ0n) is 10.5. The molecule has 5 heteroatoms. The summed E-state index contributed by atoms with van der Waals surface area (Å²) in [5.41, 5.74) is 5.86. The number of carbonyl (C=O) groups is 1. The molecule has 0 bridgehead atoms. The lowest BCUT2D eigenvalue weighted by Crippen LogP contribution is -2.13. The van der Waals surface area contributed by atoms with E-state index in [4.69, 9.17) is 10.8 Å². The molecule has 0 saturated heterocycles. The van der Waals surface area contributed by atoms with Crippen LogP contribution >= 0.6 is 0 Å². The summed E-state index contributed by atoms with van der Waals surface area (Å²) in [7, 11) is 0. The maximum atomic E-state index is 10.9. The van der Waals surface area contributed by atoms with Crippen LogP contribution in [-0.4, -0.2) is 22.6 Å². The molecular formula is C13H19N3O2. The van der Waals surface area contributed by atoms with E-state index in [0.29, 0.717) is 11.7 Å². The van der Waals surface area contributed by atoms with Gasteiger partial charge in [-0.05, 0) is 30.7 Å². The second-order valence-corrected chi connectivity index (χ2v) is 5.13. The minimum absolute atomic E-state index is 0.104. The first-order chi connectivity index (χ1) is 8.56. The number of hydrogen-bond acceptors (Lipinski definition) is 4. The van der Waals surface area contributed by atoms with Gasteiger partial charge in [-0.2, -0.15) is 0 Å². The predicted octanol–water partition coefficient (Wildman–Crippen LogP) is 2.21. The number of hydrogen-bond donors (Lipinski definition) is 3. The van der Waals surface area contributed by atoms with Crippen LogP contribution in [0.5, 0.6) is 0 Å². The Kier molecular flexibility index (Phi) is 3.69. The van der Waals surface area contributed by atoms with Crippen LogP contribution in [-0.2, 0) is 0 Å². The maximum absolute atomic E-state index is 10.9. The second-order valence-electron chi connectivity index (χ2n) is 5.13. The molecule has 1 aliphatic rings. The third kappa shape index (κ3) is 2.91. The maximum Gasteiger partial charge on any atom is 0.337 e. The number of aromatic nitrogens is 1. The summed E-state index contributed by atoms with van der Waals surface area (Å²) in [5, 5.41) is 12.2. The summed E-state index contributed by atoms with van der Waals surface area (Å²) in [4.78, 5) is 15.0. The molecule has 1 fully saturated rings. The van der Waals surface area contributed by atoms with Gasteiger partial charge in [-0.3, -0.25) is 0 Å². The number of nitrogens with one attached hydrogen (secondary N) is 1. The van der Waals surface area contributed by atoms with E-state index in [0.717, 1.165) is 12.5 Å². The third-order valence-corrected chi connectivity index (χ3v) is 3.54. The molecule has 2 rings (SSSR count). The summed E-state index contributed by atoms with van der Waals surface area (Å²) in [5.74, 6) is 1.02. The summed E-state index contributed by atoms with van der Waals surface area (Å²) >= 11 is 0. The highest BCUT2D eigenvalue weighted by atomic mass is 16.4. The van der Waals surface area contributed by atoms with Crippen LogP contribution in [0.2, 0.25) is 0 Å². The second kappa shape index (κ2) is 5.25. The number of nitrogens with two attached hydrogens (primary N) is 1. The van der Waals surface area contributed by atoms with Gasteiger partial charge in [0.05, 0.1) is 17.4 Å². The molecule has 2 unspecified atom stereocenters. The standard InChI is InChI=1S/C13H19N3O2/c1-8-2-3-9(4-8)6-15-12-5-10(13(17)18)11(14)7-16-12/h5,7-9H,2-4,6,14H2,1H3,(H,15,16)(H,17,18). The molecule has 1 aromatic rings. The fourth-order valence-electron chi connectivity index (χ4n) is 2.51. The van der Waals surface area contributed by atoms with E-state index in [-0.39, 0.29) is 11.3 Å². The molecule has 98 valence electrons. The molecule has 0 spiro atoms. The van der Waals surface area contributed by atoms with Gasteiger partial charge in [0.15, 0.2) is 0 Å². The Morgan fingerprint density at radius 3 is 3.00 bits per heavy atom. The highest BCUT2D eigenvalue weighted by molar-refractivity contribution is 5.94. The number of rotatable bonds is 4. The molecule has 1 heterocycles. The summed E-state index contributed by atoms with van der Waals surface area (Å²) in [6.45, 7) is 3.12. The van der Waals surface area contributed by atoms with Gasteiger partial charge >= 0.3 is 5.97 Å². The minimum Gasteiger partial charge on any atom is -0.478 e. The monoisotopic (exact) mass is 249 g/mol. The molecule has 0 aromatic carbocycles. The van der Waals surface area contributed by atoms with E-state index in [9.17, 15) is 4.79 Å². The van der Waals surface area contributed by atoms with Crippen LogP contribution in [0.3, 0.4) is 0 Å². The normalized spacial score (nSPS) is 22.9. The summed E-state index contributed by atoms with van der Waals surface area (Å²) in [6, 6.07) is 1.50. The molecule has 1 saturated carbocycles. The van der Waals surface area contributed by atoms with E-state index in [2.05, 4.69) is 17.2 Å². The molecule has 4 N–H and O–H groups in total. The van der Waals surface area contributed by atoms with Crippen molar-refractivity contribution in [3.05, 3.63) is 17.8 Å². The van der Waals surface area contributed by atoms with Crippen LogP contribution < -0.4 is 11.1 Å². The van der Waals surface area contributed by atoms with Gasteiger partial charge in [-0.1, -0.05) is 13.3 Å². The number of nitrogens with zero attached hydrogens (tertiary/aromatic N) is 1. The predicted molar refractivity (Wildman–Crippen MR) is 70.6 cm³/mol. The number of carboxylic acids is 1. The van der Waals surface area contributed by atoms with E-state index in [1.165, 1.54) is 31.5 Å². The highest BCUT2D eigenvalue weighted by Gasteiger charge is 2.21. The Morgan fingerprint density at radius 1 is 1.61 bits per heavy atom. The van der Waals surface area contributed by atoms with Crippen LogP contribution in [0, 0.1) is 11.8 Å². The number of nitrogen functional groups attached to an aromatic ring is 1. The third-order valence-electron chi connectivity index (χ3n) is 3.54. The van der Waals surface area contributed by atoms with Crippen molar-refractivity contribution in [3.63, 3.8) is 0 Å². The van der Waals surface area contributed by atoms with E-state index < -0.39 is 5.97 Å². The molecule has 1 aromatic heterocycles. The van der Waals surface area contributed by atoms with Crippen molar-refractivity contribution in [1.82, 2.24) is 4.98 Å². The van der Waals surface area contributed by atoms with Crippen molar-refractivity contribution in [2.24, 2.45) is 11.8 Å². The molecule has 18 heavy (non-hydrogen) atoms. The minimum atomic E-state index is -1.02. The Labute approximate surface area is 106 Å². The SMILES string of the molecule is CC1CCC(CNc2cc(C(=O)O)c(N)cn2)C1. The molecular weight excluding hydrogens is 230 g/mol. The fraction of sp³-hybridized carbons (Fsp3) is 0.538. The van der Waals surface area contributed by atoms with Crippen LogP contribution in [0.15, 0.2) is 12.3 Å². The van der Waals surface area contributed by atoms with Gasteiger partial charge < -0.3 is 16.2 Å². The molecule has 0 amide bonds. The smallest absolute Gasteiger partial charge is 0.337 e. The average Bonchev–Trinajstić information content (AvgIpc) is 2.74. The van der Waals surface area contributed by atoms with E-state index >= 15 is 0 Å². The number of aromatic carboxylic acids is 1. The largest absolute Gasteiger partial charge is 0.478 e. The lowest BCUT2D eigenvalue weighted by molar-refractivity contribution is 0.0698. The highest BCUT2D eigenvalue weighted by Crippen LogP contribution is 2.30. The van der Waals surface area contributed by atoms with Gasteiger partial charge in [-0.25, -0.2) is 9.78 Å². The Balaban J connectivity index is 1.97. The van der Waals surface area contributed by atoms with Crippen molar-refractivity contribution in [3.8, 4) is 0 Å². The Hall–Kier alpha value is -1.78. The van der Waals surface area contributed by atoms with Crippen LogP contribution in [0.25, 0.3) is 0 Å². The Bertz CT molecular complexity index is 448. The van der Waals surface area contributed by atoms with E-state index in [1.54, 1.807) is 0 Å². The summed E-state index contributed by atoms with van der Waals surface area (Å²) in [6.07, 6.45) is 5.13. The van der Waals surface area contributed by atoms with Crippen molar-refractivity contribution in [2.75, 3.05) is 17.6 Å². The molecule has 2 atom stereocenters. The number of pyridine rings is 1. The van der Waals surface area contributed by atoms with Crippen LogP contribution in [0.1, 0.15) is 36.5 Å². The van der Waals surface area contributed by atoms with Gasteiger partial charge in [0.25, 0.3) is 0 Å².